The fourth-order valence-corrected chi connectivity index (χ4v) is 0.765. The first kappa shape index (κ1) is 3.78. The molecule has 0 unspecified atom stereocenters. The number of hydrogen-bond donors (Lipinski definition) is 0. The van der Waals surface area contributed by atoms with E-state index in [1.54, 1.807) is 12.4 Å². The van der Waals surface area contributed by atoms with E-state index in [2.05, 4.69) is 9.98 Å². The van der Waals surface area contributed by atoms with E-state index in [0.29, 0.717) is 0 Å². The molecule has 0 aromatic rings. The maximum absolute atomic E-state index is 4.02. The molecule has 0 aromatic carbocycles. The SMILES string of the molecule is C1=NC2=CC=NC2=C1.[H+]. The van der Waals surface area contributed by atoms with E-state index in [1.165, 1.54) is 0 Å². The van der Waals surface area contributed by atoms with Crippen LogP contribution in [0.25, 0.3) is 0 Å². The van der Waals surface area contributed by atoms with Crippen molar-refractivity contribution < 1.29 is 1.43 Å². The molecular formula is C6H5N2+. The molecule has 2 heterocycles. The largest absolute Gasteiger partial charge is 1.00 e. The lowest BCUT2D eigenvalue weighted by Crippen LogP contribution is -1.66. The van der Waals surface area contributed by atoms with Crippen LogP contribution in [0.4, 0.5) is 0 Å². The van der Waals surface area contributed by atoms with E-state index >= 15 is 0 Å². The predicted octanol–water partition coefficient (Wildman–Crippen LogP) is 1.04. The third-order valence-electron chi connectivity index (χ3n) is 1.15. The summed E-state index contributed by atoms with van der Waals surface area (Å²) >= 11 is 0. The topological polar surface area (TPSA) is 24.7 Å². The lowest BCUT2D eigenvalue weighted by Gasteiger charge is -1.83. The van der Waals surface area contributed by atoms with Gasteiger partial charge in [0, 0.05) is 12.4 Å². The third kappa shape index (κ3) is 0.320. The molecule has 0 saturated heterocycles. The molecule has 0 N–H and O–H groups in total. The third-order valence-corrected chi connectivity index (χ3v) is 1.15. The number of aliphatic imine (C=N–C) groups is 2. The molecule has 0 saturated carbocycles. The van der Waals surface area contributed by atoms with E-state index in [4.69, 9.17) is 0 Å². The van der Waals surface area contributed by atoms with Crippen LogP contribution < -0.4 is 0 Å². The molecule has 0 amide bonds. The molecule has 2 aliphatic rings. The van der Waals surface area contributed by atoms with Gasteiger partial charge in [0.25, 0.3) is 0 Å². The molecule has 0 fully saturated rings. The zero-order valence-corrected chi connectivity index (χ0v) is 4.20. The van der Waals surface area contributed by atoms with Gasteiger partial charge in [-0.15, -0.1) is 0 Å². The summed E-state index contributed by atoms with van der Waals surface area (Å²) in [5.74, 6) is 0. The van der Waals surface area contributed by atoms with Crippen molar-refractivity contribution in [3.63, 3.8) is 0 Å². The van der Waals surface area contributed by atoms with Crippen molar-refractivity contribution in [2.75, 3.05) is 0 Å². The Kier molecular flexibility index (Phi) is 0.545. The fraction of sp³-hybridized carbons (Fsp3) is 0. The minimum Gasteiger partial charge on any atom is -0.254 e. The summed E-state index contributed by atoms with van der Waals surface area (Å²) in [6.07, 6.45) is 7.32. The van der Waals surface area contributed by atoms with Gasteiger partial charge in [-0.2, -0.15) is 0 Å². The first-order valence-electron chi connectivity index (χ1n) is 2.46. The normalized spacial score (nSPS) is 21.0. The number of allylic oxidation sites excluding steroid dienone is 2. The molecule has 0 spiro atoms. The van der Waals surface area contributed by atoms with Gasteiger partial charge in [-0.1, -0.05) is 0 Å². The molecule has 2 heteroatoms. The monoisotopic (exact) mass is 105 g/mol. The van der Waals surface area contributed by atoms with E-state index in [0.717, 1.165) is 11.4 Å². The van der Waals surface area contributed by atoms with Crippen LogP contribution in [0.1, 0.15) is 1.43 Å². The maximum Gasteiger partial charge on any atom is 1.00 e. The van der Waals surface area contributed by atoms with Gasteiger partial charge in [0.15, 0.2) is 0 Å². The predicted molar refractivity (Wildman–Crippen MR) is 34.3 cm³/mol. The molecule has 38 valence electrons. The Morgan fingerprint density at radius 3 is 2.00 bits per heavy atom. The molecule has 2 aliphatic heterocycles. The Balaban J connectivity index is 0.000000405. The molecule has 2 rings (SSSR count). The summed E-state index contributed by atoms with van der Waals surface area (Å²) in [5, 5.41) is 0. The van der Waals surface area contributed by atoms with Gasteiger partial charge in [0.2, 0.25) is 0 Å². The fourth-order valence-electron chi connectivity index (χ4n) is 0.765. The van der Waals surface area contributed by atoms with E-state index in [-0.39, 0.29) is 1.43 Å². The number of rotatable bonds is 0. The van der Waals surface area contributed by atoms with Crippen molar-refractivity contribution in [2.45, 2.75) is 0 Å². The highest BCUT2D eigenvalue weighted by Crippen LogP contribution is 2.19. The Morgan fingerprint density at radius 2 is 1.50 bits per heavy atom. The summed E-state index contributed by atoms with van der Waals surface area (Å²) in [6, 6.07) is 0. The first-order chi connectivity index (χ1) is 3.97. The molecule has 8 heavy (non-hydrogen) atoms. The smallest absolute Gasteiger partial charge is 0.254 e. The molecular weight excluding hydrogens is 100 g/mol. The molecule has 2 nitrogen and oxygen atoms in total. The maximum atomic E-state index is 4.02. The first-order valence-corrected chi connectivity index (χ1v) is 2.46. The van der Waals surface area contributed by atoms with Crippen molar-refractivity contribution >= 4 is 12.4 Å². The highest BCUT2D eigenvalue weighted by molar-refractivity contribution is 5.88. The van der Waals surface area contributed by atoms with Crippen LogP contribution in [-0.4, -0.2) is 12.4 Å². The van der Waals surface area contributed by atoms with Gasteiger partial charge < -0.3 is 0 Å². The minimum atomic E-state index is 0. The highest BCUT2D eigenvalue weighted by atomic mass is 14.9. The Bertz CT molecular complexity index is 209. The second-order valence-electron chi connectivity index (χ2n) is 1.66. The second kappa shape index (κ2) is 1.15. The summed E-state index contributed by atoms with van der Waals surface area (Å²) in [6.45, 7) is 0. The minimum absolute atomic E-state index is 0. The van der Waals surface area contributed by atoms with Crippen molar-refractivity contribution in [1.29, 1.82) is 0 Å². The van der Waals surface area contributed by atoms with Crippen molar-refractivity contribution in [1.82, 2.24) is 0 Å². The van der Waals surface area contributed by atoms with Crippen LogP contribution in [0.15, 0.2) is 33.5 Å². The van der Waals surface area contributed by atoms with Gasteiger partial charge in [-0.3, -0.25) is 9.98 Å². The lowest BCUT2D eigenvalue weighted by molar-refractivity contribution is 1.33. The average Bonchev–Trinajstić information content (AvgIpc) is 2.15. The summed E-state index contributed by atoms with van der Waals surface area (Å²) in [4.78, 5) is 8.03. The Labute approximate surface area is 48.4 Å². The van der Waals surface area contributed by atoms with Crippen molar-refractivity contribution in [3.8, 4) is 0 Å². The molecule has 0 aromatic heterocycles. The average molecular weight is 105 g/mol. The van der Waals surface area contributed by atoms with Crippen LogP contribution in [-0.2, 0) is 0 Å². The lowest BCUT2D eigenvalue weighted by atomic mass is 10.4. The summed E-state index contributed by atoms with van der Waals surface area (Å²) < 4.78 is 0. The van der Waals surface area contributed by atoms with Gasteiger partial charge in [-0.05, 0) is 12.2 Å². The van der Waals surface area contributed by atoms with Crippen molar-refractivity contribution in [2.24, 2.45) is 9.98 Å². The van der Waals surface area contributed by atoms with Crippen LogP contribution in [0.5, 0.6) is 0 Å². The van der Waals surface area contributed by atoms with E-state index < -0.39 is 0 Å². The Morgan fingerprint density at radius 1 is 1.00 bits per heavy atom. The van der Waals surface area contributed by atoms with Gasteiger partial charge in [0.05, 0.1) is 11.4 Å². The number of hydrogen-bond acceptors (Lipinski definition) is 2. The zero-order valence-electron chi connectivity index (χ0n) is 5.20. The van der Waals surface area contributed by atoms with Crippen LogP contribution in [0.2, 0.25) is 0 Å². The molecule has 0 bridgehead atoms. The number of fused-ring (bicyclic) bond motifs is 1. The summed E-state index contributed by atoms with van der Waals surface area (Å²) in [7, 11) is 0. The Hall–Kier alpha value is -1.18. The number of nitrogens with zero attached hydrogens (tertiary/aromatic N) is 2. The molecule has 0 atom stereocenters. The van der Waals surface area contributed by atoms with Crippen LogP contribution in [0.3, 0.4) is 0 Å². The van der Waals surface area contributed by atoms with Crippen LogP contribution >= 0.6 is 0 Å². The second-order valence-corrected chi connectivity index (χ2v) is 1.66. The van der Waals surface area contributed by atoms with E-state index in [1.807, 2.05) is 12.2 Å². The molecule has 0 aliphatic carbocycles. The van der Waals surface area contributed by atoms with Gasteiger partial charge in [0.1, 0.15) is 0 Å². The zero-order chi connectivity index (χ0) is 5.40. The quantitative estimate of drug-likeness (QED) is 0.439. The summed E-state index contributed by atoms with van der Waals surface area (Å²) in [5.41, 5.74) is 1.98. The van der Waals surface area contributed by atoms with Crippen molar-refractivity contribution in [3.05, 3.63) is 23.5 Å². The van der Waals surface area contributed by atoms with Crippen LogP contribution in [0, 0.1) is 0 Å². The molecule has 0 radical (unpaired) electrons. The van der Waals surface area contributed by atoms with E-state index in [9.17, 15) is 0 Å². The standard InChI is InChI=1S/C6H4N2/c1-3-7-6-2-4-8-5(1)6/h1-4H/p+1. The van der Waals surface area contributed by atoms with Gasteiger partial charge >= 0.3 is 1.43 Å². The highest BCUT2D eigenvalue weighted by Gasteiger charge is 2.07. The van der Waals surface area contributed by atoms with Gasteiger partial charge in [-0.25, -0.2) is 0 Å².